The number of aryl methyl sites for hydroxylation is 1. The van der Waals surface area contributed by atoms with E-state index in [0.29, 0.717) is 22.1 Å². The van der Waals surface area contributed by atoms with E-state index in [9.17, 15) is 0 Å². The summed E-state index contributed by atoms with van der Waals surface area (Å²) in [6, 6.07) is 1.79. The van der Waals surface area contributed by atoms with Crippen LogP contribution >= 0.6 is 15.9 Å². The van der Waals surface area contributed by atoms with Gasteiger partial charge in [-0.05, 0) is 29.8 Å². The van der Waals surface area contributed by atoms with Crippen LogP contribution in [0.15, 0.2) is 16.9 Å². The number of nitrogens with zero attached hydrogens (tertiary/aromatic N) is 3. The molecule has 0 saturated heterocycles. The molecule has 2 N–H and O–H groups in total. The number of nitrogens with one attached hydrogen (secondary N) is 2. The van der Waals surface area contributed by atoms with Gasteiger partial charge in [-0.2, -0.15) is 0 Å². The summed E-state index contributed by atoms with van der Waals surface area (Å²) in [6.45, 7) is 4.67. The molecule has 0 aliphatic rings. The van der Waals surface area contributed by atoms with Gasteiger partial charge in [-0.1, -0.05) is 0 Å². The summed E-state index contributed by atoms with van der Waals surface area (Å²) in [4.78, 5) is 8.15. The first-order chi connectivity index (χ1) is 8.20. The van der Waals surface area contributed by atoms with Crippen molar-refractivity contribution in [3.05, 3.63) is 22.6 Å². The molecule has 0 spiro atoms. The van der Waals surface area contributed by atoms with Crippen LogP contribution in [-0.4, -0.2) is 26.7 Å². The average Bonchev–Trinajstić information content (AvgIpc) is 2.70. The van der Waals surface area contributed by atoms with Gasteiger partial charge >= 0.3 is 0 Å². The van der Waals surface area contributed by atoms with Gasteiger partial charge in [0.15, 0.2) is 0 Å². The lowest BCUT2D eigenvalue weighted by Gasteiger charge is -2.07. The predicted octanol–water partition coefficient (Wildman–Crippen LogP) is 2.49. The first-order valence-electron chi connectivity index (χ1n) is 5.15. The minimum atomic E-state index is 0.433. The van der Waals surface area contributed by atoms with E-state index >= 15 is 0 Å². The number of rotatable bonds is 4. The van der Waals surface area contributed by atoms with E-state index in [0.717, 1.165) is 12.2 Å². The molecule has 2 aromatic heterocycles. The van der Waals surface area contributed by atoms with Crippen molar-refractivity contribution in [3.63, 3.8) is 0 Å². The molecule has 0 aliphatic carbocycles. The molecule has 0 saturated carbocycles. The van der Waals surface area contributed by atoms with E-state index in [2.05, 4.69) is 41.4 Å². The monoisotopic (exact) mass is 297 g/mol. The molecule has 0 unspecified atom stereocenters. The van der Waals surface area contributed by atoms with E-state index in [-0.39, 0.29) is 0 Å². The summed E-state index contributed by atoms with van der Waals surface area (Å²) in [6.07, 6.45) is 1.44. The number of hydrogen-bond acceptors (Lipinski definition) is 5. The first kappa shape index (κ1) is 11.8. The molecule has 17 heavy (non-hydrogen) atoms. The summed E-state index contributed by atoms with van der Waals surface area (Å²) < 4.78 is 6.22. The highest BCUT2D eigenvalue weighted by molar-refractivity contribution is 9.10. The van der Waals surface area contributed by atoms with Gasteiger partial charge < -0.3 is 10.1 Å². The Morgan fingerprint density at radius 1 is 1.47 bits per heavy atom. The average molecular weight is 298 g/mol. The number of H-pyrrole nitrogens is 1. The smallest absolute Gasteiger partial charge is 0.240 e. The van der Waals surface area contributed by atoms with Gasteiger partial charge in [0.05, 0.1) is 0 Å². The quantitative estimate of drug-likeness (QED) is 0.907. The molecular weight excluding hydrogens is 286 g/mol. The van der Waals surface area contributed by atoms with Crippen LogP contribution in [0.25, 0.3) is 0 Å². The number of ether oxygens (including phenoxy) is 1. The van der Waals surface area contributed by atoms with Crippen molar-refractivity contribution in [1.82, 2.24) is 20.2 Å². The second-order valence-electron chi connectivity index (χ2n) is 3.36. The third-order valence-electron chi connectivity index (χ3n) is 1.99. The lowest BCUT2D eigenvalue weighted by atomic mass is 10.5. The maximum Gasteiger partial charge on any atom is 0.240 e. The highest BCUT2D eigenvalue weighted by atomic mass is 79.9. The predicted molar refractivity (Wildman–Crippen MR) is 67.3 cm³/mol. The van der Waals surface area contributed by atoms with Crippen LogP contribution in [0.1, 0.15) is 12.6 Å². The Hall–Kier alpha value is -1.63. The largest absolute Gasteiger partial charge is 0.418 e. The number of aromatic amines is 1. The first-order valence-corrected chi connectivity index (χ1v) is 5.94. The summed E-state index contributed by atoms with van der Waals surface area (Å²) in [7, 11) is 0. The van der Waals surface area contributed by atoms with Gasteiger partial charge in [0.25, 0.3) is 0 Å². The summed E-state index contributed by atoms with van der Waals surface area (Å²) >= 11 is 3.40. The van der Waals surface area contributed by atoms with Crippen LogP contribution < -0.4 is 10.1 Å². The molecule has 0 radical (unpaired) electrons. The number of halogens is 1. The number of anilines is 1. The van der Waals surface area contributed by atoms with Gasteiger partial charge in [-0.15, -0.1) is 5.10 Å². The molecule has 2 heterocycles. The van der Waals surface area contributed by atoms with Crippen LogP contribution in [0.4, 0.5) is 5.82 Å². The fraction of sp³-hybridized carbons (Fsp3) is 0.300. The summed E-state index contributed by atoms with van der Waals surface area (Å²) in [5.41, 5.74) is 0.928. The highest BCUT2D eigenvalue weighted by Crippen LogP contribution is 2.31. The van der Waals surface area contributed by atoms with Gasteiger partial charge in [-0.3, -0.25) is 5.10 Å². The zero-order valence-electron chi connectivity index (χ0n) is 9.49. The van der Waals surface area contributed by atoms with Gasteiger partial charge in [0, 0.05) is 18.3 Å². The van der Waals surface area contributed by atoms with E-state index < -0.39 is 0 Å². The van der Waals surface area contributed by atoms with Crippen molar-refractivity contribution >= 4 is 21.7 Å². The Bertz CT molecular complexity index is 513. The maximum atomic E-state index is 5.54. The van der Waals surface area contributed by atoms with Crippen molar-refractivity contribution < 1.29 is 4.74 Å². The van der Waals surface area contributed by atoms with E-state index in [1.54, 1.807) is 6.07 Å². The van der Waals surface area contributed by atoms with Gasteiger partial charge in [-0.25, -0.2) is 9.97 Å². The second kappa shape index (κ2) is 5.13. The van der Waals surface area contributed by atoms with Crippen molar-refractivity contribution in [2.24, 2.45) is 0 Å². The molecule has 0 aliphatic heterocycles. The lowest BCUT2D eigenvalue weighted by molar-refractivity contribution is 0.439. The molecule has 2 aromatic rings. The van der Waals surface area contributed by atoms with E-state index in [1.807, 2.05) is 13.8 Å². The minimum absolute atomic E-state index is 0.433. The molecule has 0 amide bonds. The second-order valence-corrected chi connectivity index (χ2v) is 4.16. The van der Waals surface area contributed by atoms with Crippen molar-refractivity contribution in [2.75, 3.05) is 11.9 Å². The van der Waals surface area contributed by atoms with Crippen LogP contribution in [0.5, 0.6) is 11.8 Å². The Morgan fingerprint density at radius 3 is 2.94 bits per heavy atom. The Kier molecular flexibility index (Phi) is 3.58. The van der Waals surface area contributed by atoms with Crippen molar-refractivity contribution in [3.8, 4) is 11.8 Å². The third kappa shape index (κ3) is 2.73. The number of hydrogen-bond donors (Lipinski definition) is 2. The molecule has 7 heteroatoms. The molecule has 0 aromatic carbocycles. The van der Waals surface area contributed by atoms with Crippen molar-refractivity contribution in [2.45, 2.75) is 13.8 Å². The summed E-state index contributed by atoms with van der Waals surface area (Å²) in [5, 5.41) is 9.88. The fourth-order valence-electron chi connectivity index (χ4n) is 1.26. The standard InChI is InChI=1S/C10H12BrN5O/c1-3-12-9-8(11)10(14-5-13-9)17-7-4-6(2)15-16-7/h4-5H,3H2,1-2H3,(H,15,16)(H,12,13,14). The summed E-state index contributed by atoms with van der Waals surface area (Å²) in [5.74, 6) is 1.61. The van der Waals surface area contributed by atoms with Crippen LogP contribution in [-0.2, 0) is 0 Å². The Labute approximate surface area is 107 Å². The molecular formula is C10H12BrN5O. The van der Waals surface area contributed by atoms with Crippen LogP contribution in [0.2, 0.25) is 0 Å². The molecule has 6 nitrogen and oxygen atoms in total. The molecule has 90 valence electrons. The number of aromatic nitrogens is 4. The highest BCUT2D eigenvalue weighted by Gasteiger charge is 2.11. The van der Waals surface area contributed by atoms with Crippen LogP contribution in [0.3, 0.4) is 0 Å². The third-order valence-corrected chi connectivity index (χ3v) is 2.70. The van der Waals surface area contributed by atoms with Gasteiger partial charge in [0.2, 0.25) is 11.8 Å². The lowest BCUT2D eigenvalue weighted by Crippen LogP contribution is -2.02. The maximum absolute atomic E-state index is 5.54. The molecule has 0 bridgehead atoms. The zero-order valence-corrected chi connectivity index (χ0v) is 11.1. The Balaban J connectivity index is 2.23. The van der Waals surface area contributed by atoms with E-state index in [4.69, 9.17) is 4.74 Å². The zero-order chi connectivity index (χ0) is 12.3. The van der Waals surface area contributed by atoms with Crippen LogP contribution in [0, 0.1) is 6.92 Å². The Morgan fingerprint density at radius 2 is 2.29 bits per heavy atom. The van der Waals surface area contributed by atoms with E-state index in [1.165, 1.54) is 6.33 Å². The minimum Gasteiger partial charge on any atom is -0.418 e. The normalized spacial score (nSPS) is 10.3. The van der Waals surface area contributed by atoms with Crippen molar-refractivity contribution in [1.29, 1.82) is 0 Å². The SMILES string of the molecule is CCNc1ncnc(Oc2cc(C)[nH]n2)c1Br. The topological polar surface area (TPSA) is 75.7 Å². The molecule has 2 rings (SSSR count). The molecule has 0 fully saturated rings. The van der Waals surface area contributed by atoms with Gasteiger partial charge in [0.1, 0.15) is 16.6 Å². The fourth-order valence-corrected chi connectivity index (χ4v) is 1.69. The molecule has 0 atom stereocenters.